The molecule has 37 heavy (non-hydrogen) atoms. The number of carbonyl (C=O) groups excluding carboxylic acids is 1. The zero-order valence-electron chi connectivity index (χ0n) is 22.8. The maximum Gasteiger partial charge on any atom is 0.343 e. The highest BCUT2D eigenvalue weighted by molar-refractivity contribution is 5.91. The third kappa shape index (κ3) is 10.4. The number of esters is 1. The summed E-state index contributed by atoms with van der Waals surface area (Å²) in [6, 6.07) is 23.6. The van der Waals surface area contributed by atoms with Crippen LogP contribution in [0.3, 0.4) is 0 Å². The molecule has 0 saturated heterocycles. The zero-order valence-corrected chi connectivity index (χ0v) is 22.8. The number of hydrogen-bond acceptors (Lipinski definition) is 3. The molecule has 0 aliphatic carbocycles. The van der Waals surface area contributed by atoms with Gasteiger partial charge >= 0.3 is 5.97 Å². The molecule has 3 heteroatoms. The molecule has 3 aromatic carbocycles. The van der Waals surface area contributed by atoms with E-state index in [9.17, 15) is 4.79 Å². The van der Waals surface area contributed by atoms with E-state index in [2.05, 4.69) is 38.1 Å². The zero-order chi connectivity index (χ0) is 26.1. The minimum atomic E-state index is -0.336. The van der Waals surface area contributed by atoms with Crippen molar-refractivity contribution in [2.75, 3.05) is 6.61 Å². The lowest BCUT2D eigenvalue weighted by molar-refractivity contribution is 0.0734. The van der Waals surface area contributed by atoms with Gasteiger partial charge in [0.1, 0.15) is 11.5 Å². The molecule has 0 N–H and O–H groups in total. The van der Waals surface area contributed by atoms with Crippen molar-refractivity contribution in [1.29, 1.82) is 0 Å². The molecule has 0 fully saturated rings. The third-order valence-electron chi connectivity index (χ3n) is 6.78. The van der Waals surface area contributed by atoms with E-state index in [-0.39, 0.29) is 5.97 Å². The van der Waals surface area contributed by atoms with Gasteiger partial charge in [-0.3, -0.25) is 0 Å². The van der Waals surface area contributed by atoms with Crippen LogP contribution in [0.1, 0.15) is 100 Å². The predicted molar refractivity (Wildman–Crippen MR) is 155 cm³/mol. The molecule has 3 aromatic rings. The summed E-state index contributed by atoms with van der Waals surface area (Å²) in [5.74, 6) is 1.15. The fourth-order valence-corrected chi connectivity index (χ4v) is 4.44. The molecule has 0 atom stereocenters. The van der Waals surface area contributed by atoms with Crippen molar-refractivity contribution >= 4 is 5.97 Å². The van der Waals surface area contributed by atoms with Crippen molar-refractivity contribution < 1.29 is 14.3 Å². The number of hydrogen-bond donors (Lipinski definition) is 0. The second-order valence-electron chi connectivity index (χ2n) is 9.92. The Hall–Kier alpha value is -3.07. The number of rotatable bonds is 17. The molecule has 3 rings (SSSR count). The predicted octanol–water partition coefficient (Wildman–Crippen LogP) is 9.82. The van der Waals surface area contributed by atoms with Crippen molar-refractivity contribution in [2.24, 2.45) is 0 Å². The number of ether oxygens (including phenoxy) is 2. The quantitative estimate of drug-likeness (QED) is 0.105. The van der Waals surface area contributed by atoms with E-state index < -0.39 is 0 Å². The summed E-state index contributed by atoms with van der Waals surface area (Å²) in [6.07, 6.45) is 15.0. The third-order valence-corrected chi connectivity index (χ3v) is 6.78. The molecule has 3 nitrogen and oxygen atoms in total. The van der Waals surface area contributed by atoms with Crippen molar-refractivity contribution in [2.45, 2.75) is 90.9 Å². The van der Waals surface area contributed by atoms with Crippen LogP contribution >= 0.6 is 0 Å². The monoisotopic (exact) mass is 500 g/mol. The fraction of sp³-hybridized carbons (Fsp3) is 0.441. The largest absolute Gasteiger partial charge is 0.494 e. The van der Waals surface area contributed by atoms with Crippen LogP contribution in [0.4, 0.5) is 0 Å². The summed E-state index contributed by atoms with van der Waals surface area (Å²) in [4.78, 5) is 12.6. The molecule has 0 amide bonds. The van der Waals surface area contributed by atoms with E-state index in [4.69, 9.17) is 9.47 Å². The highest BCUT2D eigenvalue weighted by Crippen LogP contribution is 2.24. The first-order valence-electron chi connectivity index (χ1n) is 14.3. The molecule has 0 heterocycles. The number of unbranched alkanes of at least 4 members (excludes halogenated alkanes) is 9. The lowest BCUT2D eigenvalue weighted by atomic mass is 10.0. The van der Waals surface area contributed by atoms with Crippen molar-refractivity contribution in [3.63, 3.8) is 0 Å². The molecular formula is C34H44O3. The lowest BCUT2D eigenvalue weighted by Crippen LogP contribution is -2.08. The minimum absolute atomic E-state index is 0.336. The van der Waals surface area contributed by atoms with E-state index in [1.54, 1.807) is 0 Å². The van der Waals surface area contributed by atoms with Gasteiger partial charge in [0, 0.05) is 0 Å². The van der Waals surface area contributed by atoms with Crippen molar-refractivity contribution in [3.8, 4) is 22.6 Å². The molecule has 0 spiro atoms. The summed E-state index contributed by atoms with van der Waals surface area (Å²) in [7, 11) is 0. The molecule has 198 valence electrons. The standard InChI is InChI=1S/C34H44O3/c1-3-5-7-9-11-13-27-36-32-25-21-30(22-26-32)29-17-19-31(20-18-29)34(35)37-33-23-15-28(16-24-33)14-12-10-8-6-4-2/h15-26H,3-14,27H2,1-2H3. The Morgan fingerprint density at radius 3 is 1.70 bits per heavy atom. The van der Waals surface area contributed by atoms with Gasteiger partial charge in [-0.05, 0) is 72.4 Å². The molecular weight excluding hydrogens is 456 g/mol. The van der Waals surface area contributed by atoms with Crippen LogP contribution in [0.2, 0.25) is 0 Å². The van der Waals surface area contributed by atoms with Gasteiger partial charge in [-0.25, -0.2) is 4.79 Å². The molecule has 0 saturated carbocycles. The van der Waals surface area contributed by atoms with Crippen LogP contribution in [0.15, 0.2) is 72.8 Å². The summed E-state index contributed by atoms with van der Waals surface area (Å²) >= 11 is 0. The van der Waals surface area contributed by atoms with Crippen LogP contribution in [-0.2, 0) is 6.42 Å². The second-order valence-corrected chi connectivity index (χ2v) is 9.92. The Bertz CT molecular complexity index is 1020. The Labute approximate surface area is 224 Å². The average molecular weight is 501 g/mol. The summed E-state index contributed by atoms with van der Waals surface area (Å²) in [5, 5.41) is 0. The van der Waals surface area contributed by atoms with Gasteiger partial charge in [0.25, 0.3) is 0 Å². The molecule has 0 radical (unpaired) electrons. The summed E-state index contributed by atoms with van der Waals surface area (Å²) in [5.41, 5.74) is 3.99. The van der Waals surface area contributed by atoms with Crippen LogP contribution in [0, 0.1) is 0 Å². The molecule has 0 aromatic heterocycles. The first kappa shape index (κ1) is 28.5. The molecule has 0 unspecified atom stereocenters. The van der Waals surface area contributed by atoms with Crippen molar-refractivity contribution in [3.05, 3.63) is 83.9 Å². The Morgan fingerprint density at radius 2 is 1.08 bits per heavy atom. The normalized spacial score (nSPS) is 10.9. The van der Waals surface area contributed by atoms with Crippen molar-refractivity contribution in [1.82, 2.24) is 0 Å². The van der Waals surface area contributed by atoms with Crippen LogP contribution < -0.4 is 9.47 Å². The SMILES string of the molecule is CCCCCCCCOc1ccc(-c2ccc(C(=O)Oc3ccc(CCCCCCC)cc3)cc2)cc1. The first-order chi connectivity index (χ1) is 18.2. The second kappa shape index (κ2) is 16.6. The average Bonchev–Trinajstić information content (AvgIpc) is 2.94. The van der Waals surface area contributed by atoms with Gasteiger partial charge < -0.3 is 9.47 Å². The highest BCUT2D eigenvalue weighted by atomic mass is 16.5. The number of carbonyl (C=O) groups is 1. The first-order valence-corrected chi connectivity index (χ1v) is 14.3. The van der Waals surface area contributed by atoms with Crippen LogP contribution in [0.25, 0.3) is 11.1 Å². The van der Waals surface area contributed by atoms with Gasteiger partial charge in [0.2, 0.25) is 0 Å². The fourth-order valence-electron chi connectivity index (χ4n) is 4.44. The van der Waals surface area contributed by atoms with Gasteiger partial charge in [-0.15, -0.1) is 0 Å². The smallest absolute Gasteiger partial charge is 0.343 e. The lowest BCUT2D eigenvalue weighted by Gasteiger charge is -2.09. The highest BCUT2D eigenvalue weighted by Gasteiger charge is 2.09. The van der Waals surface area contributed by atoms with Gasteiger partial charge in [-0.2, -0.15) is 0 Å². The number of aryl methyl sites for hydroxylation is 1. The summed E-state index contributed by atoms with van der Waals surface area (Å²) in [6.45, 7) is 5.25. The maximum absolute atomic E-state index is 12.6. The topological polar surface area (TPSA) is 35.5 Å². The van der Waals surface area contributed by atoms with E-state index in [0.29, 0.717) is 11.3 Å². The molecule has 0 bridgehead atoms. The molecule has 0 aliphatic rings. The van der Waals surface area contributed by atoms with E-state index in [0.717, 1.165) is 36.3 Å². The number of benzene rings is 3. The van der Waals surface area contributed by atoms with E-state index in [1.807, 2.05) is 48.5 Å². The Morgan fingerprint density at radius 1 is 0.568 bits per heavy atom. The Balaban J connectivity index is 1.43. The Kier molecular flexibility index (Phi) is 12.8. The van der Waals surface area contributed by atoms with E-state index in [1.165, 1.54) is 69.8 Å². The maximum atomic E-state index is 12.6. The minimum Gasteiger partial charge on any atom is -0.494 e. The van der Waals surface area contributed by atoms with Crippen LogP contribution in [-0.4, -0.2) is 12.6 Å². The van der Waals surface area contributed by atoms with Gasteiger partial charge in [0.15, 0.2) is 0 Å². The van der Waals surface area contributed by atoms with E-state index >= 15 is 0 Å². The van der Waals surface area contributed by atoms with Gasteiger partial charge in [-0.1, -0.05) is 108 Å². The summed E-state index contributed by atoms with van der Waals surface area (Å²) < 4.78 is 11.5. The van der Waals surface area contributed by atoms with Gasteiger partial charge in [0.05, 0.1) is 12.2 Å². The van der Waals surface area contributed by atoms with Crippen LogP contribution in [0.5, 0.6) is 11.5 Å². The molecule has 0 aliphatic heterocycles.